The summed E-state index contributed by atoms with van der Waals surface area (Å²) in [6.45, 7) is 2.67. The zero-order chi connectivity index (χ0) is 13.3. The van der Waals surface area contributed by atoms with Gasteiger partial charge in [-0.2, -0.15) is 0 Å². The van der Waals surface area contributed by atoms with E-state index in [9.17, 15) is 4.21 Å². The Morgan fingerprint density at radius 2 is 2.28 bits per heavy atom. The number of imidazole rings is 1. The summed E-state index contributed by atoms with van der Waals surface area (Å²) in [6.07, 6.45) is 2.52. The van der Waals surface area contributed by atoms with Crippen LogP contribution in [0.25, 0.3) is 11.0 Å². The molecule has 0 aliphatic carbocycles. The molecule has 2 aromatic rings. The molecule has 0 aliphatic rings. The first kappa shape index (κ1) is 13.4. The lowest BCUT2D eigenvalue weighted by Gasteiger charge is -2.10. The van der Waals surface area contributed by atoms with E-state index in [1.165, 1.54) is 0 Å². The minimum Gasteiger partial charge on any atom is -0.369 e. The van der Waals surface area contributed by atoms with E-state index in [1.807, 2.05) is 23.6 Å². The molecule has 1 aromatic heterocycles. The van der Waals surface area contributed by atoms with Gasteiger partial charge in [-0.3, -0.25) is 4.21 Å². The second-order valence-electron chi connectivity index (χ2n) is 4.35. The quantitative estimate of drug-likeness (QED) is 0.938. The smallest absolute Gasteiger partial charge is 0.201 e. The number of hydrogen-bond acceptors (Lipinski definition) is 3. The van der Waals surface area contributed by atoms with Gasteiger partial charge < -0.3 is 10.3 Å². The molecule has 0 spiro atoms. The van der Waals surface area contributed by atoms with Crippen molar-refractivity contribution in [2.24, 2.45) is 0 Å². The minimum absolute atomic E-state index is 0.140. The van der Waals surface area contributed by atoms with Gasteiger partial charge in [0.25, 0.3) is 0 Å². The molecule has 0 amide bonds. The van der Waals surface area contributed by atoms with E-state index in [2.05, 4.69) is 4.98 Å². The molecule has 2 rings (SSSR count). The maximum Gasteiger partial charge on any atom is 0.201 e. The first-order valence-electron chi connectivity index (χ1n) is 5.72. The highest BCUT2D eigenvalue weighted by molar-refractivity contribution is 7.84. The molecule has 1 heterocycles. The number of halogens is 1. The fraction of sp³-hybridized carbons (Fsp3) is 0.417. The topological polar surface area (TPSA) is 60.9 Å². The van der Waals surface area contributed by atoms with Crippen LogP contribution in [0.15, 0.2) is 18.2 Å². The van der Waals surface area contributed by atoms with Crippen LogP contribution >= 0.6 is 11.6 Å². The van der Waals surface area contributed by atoms with Gasteiger partial charge in [0.15, 0.2) is 0 Å². The SMILES string of the molecule is CC(CCn1c(N)nc2ccc(Cl)cc21)S(C)=O. The van der Waals surface area contributed by atoms with Gasteiger partial charge in [0, 0.05) is 33.9 Å². The van der Waals surface area contributed by atoms with Crippen molar-refractivity contribution in [2.75, 3.05) is 12.0 Å². The monoisotopic (exact) mass is 285 g/mol. The van der Waals surface area contributed by atoms with Crippen molar-refractivity contribution in [2.45, 2.75) is 25.1 Å². The maximum absolute atomic E-state index is 11.3. The normalized spacial score (nSPS) is 14.8. The molecule has 6 heteroatoms. The Morgan fingerprint density at radius 1 is 1.56 bits per heavy atom. The summed E-state index contributed by atoms with van der Waals surface area (Å²) in [4.78, 5) is 4.28. The first-order valence-corrected chi connectivity index (χ1v) is 7.72. The van der Waals surface area contributed by atoms with Gasteiger partial charge in [-0.15, -0.1) is 0 Å². The molecule has 18 heavy (non-hydrogen) atoms. The number of anilines is 1. The predicted molar refractivity (Wildman–Crippen MR) is 77.3 cm³/mol. The largest absolute Gasteiger partial charge is 0.369 e. The standard InChI is InChI=1S/C12H16ClN3OS/c1-8(18(2)17)5-6-16-11-7-9(13)3-4-10(11)15-12(16)14/h3-4,7-8H,5-6H2,1-2H3,(H2,14,15). The van der Waals surface area contributed by atoms with Gasteiger partial charge in [0.1, 0.15) is 0 Å². The Morgan fingerprint density at radius 3 is 2.94 bits per heavy atom. The molecule has 0 saturated carbocycles. The van der Waals surface area contributed by atoms with Crippen LogP contribution in [0, 0.1) is 0 Å². The van der Waals surface area contributed by atoms with E-state index in [0.717, 1.165) is 17.5 Å². The van der Waals surface area contributed by atoms with Crippen molar-refractivity contribution in [3.8, 4) is 0 Å². The summed E-state index contributed by atoms with van der Waals surface area (Å²) >= 11 is 5.98. The third-order valence-electron chi connectivity index (χ3n) is 3.07. The summed E-state index contributed by atoms with van der Waals surface area (Å²) in [7, 11) is -0.817. The number of aromatic nitrogens is 2. The van der Waals surface area contributed by atoms with Gasteiger partial charge >= 0.3 is 0 Å². The molecule has 4 nitrogen and oxygen atoms in total. The van der Waals surface area contributed by atoms with E-state index >= 15 is 0 Å². The summed E-state index contributed by atoms with van der Waals surface area (Å²) in [5.74, 6) is 0.473. The van der Waals surface area contributed by atoms with Gasteiger partial charge in [-0.25, -0.2) is 4.98 Å². The molecule has 0 saturated heterocycles. The Hall–Kier alpha value is -1.07. The van der Waals surface area contributed by atoms with Gasteiger partial charge in [0.2, 0.25) is 5.95 Å². The molecular weight excluding hydrogens is 270 g/mol. The number of nitrogens with two attached hydrogens (primary N) is 1. The van der Waals surface area contributed by atoms with Gasteiger partial charge in [-0.05, 0) is 24.6 Å². The lowest BCUT2D eigenvalue weighted by atomic mass is 10.3. The van der Waals surface area contributed by atoms with Crippen LogP contribution in [0.5, 0.6) is 0 Å². The minimum atomic E-state index is -0.817. The van der Waals surface area contributed by atoms with Crippen LogP contribution in [-0.2, 0) is 17.3 Å². The molecule has 0 fully saturated rings. The molecule has 2 unspecified atom stereocenters. The van der Waals surface area contributed by atoms with Crippen molar-refractivity contribution in [3.05, 3.63) is 23.2 Å². The van der Waals surface area contributed by atoms with Crippen LogP contribution in [0.2, 0.25) is 5.02 Å². The van der Waals surface area contributed by atoms with Crippen LogP contribution < -0.4 is 5.73 Å². The average Bonchev–Trinajstić information content (AvgIpc) is 2.61. The third-order valence-corrected chi connectivity index (χ3v) is 4.67. The fourth-order valence-corrected chi connectivity index (χ4v) is 2.43. The van der Waals surface area contributed by atoms with Gasteiger partial charge in [0.05, 0.1) is 11.0 Å². The van der Waals surface area contributed by atoms with E-state index in [0.29, 0.717) is 17.5 Å². The number of nitrogen functional groups attached to an aromatic ring is 1. The van der Waals surface area contributed by atoms with Crippen molar-refractivity contribution < 1.29 is 4.21 Å². The Balaban J connectivity index is 2.29. The zero-order valence-electron chi connectivity index (χ0n) is 10.4. The van der Waals surface area contributed by atoms with Crippen molar-refractivity contribution in [1.82, 2.24) is 9.55 Å². The zero-order valence-corrected chi connectivity index (χ0v) is 12.0. The van der Waals surface area contributed by atoms with Crippen LogP contribution in [0.1, 0.15) is 13.3 Å². The van der Waals surface area contributed by atoms with Gasteiger partial charge in [-0.1, -0.05) is 18.5 Å². The number of aryl methyl sites for hydroxylation is 1. The number of benzene rings is 1. The summed E-state index contributed by atoms with van der Waals surface area (Å²) in [6, 6.07) is 5.50. The Bertz CT molecular complexity index is 596. The van der Waals surface area contributed by atoms with Crippen molar-refractivity contribution >= 4 is 39.4 Å². The second-order valence-corrected chi connectivity index (χ2v) is 6.59. The number of fused-ring (bicyclic) bond motifs is 1. The highest BCUT2D eigenvalue weighted by Gasteiger charge is 2.11. The fourth-order valence-electron chi connectivity index (χ4n) is 1.83. The Labute approximate surface area is 114 Å². The van der Waals surface area contributed by atoms with E-state index < -0.39 is 10.8 Å². The molecule has 2 N–H and O–H groups in total. The average molecular weight is 286 g/mol. The molecular formula is C12H16ClN3OS. The molecule has 98 valence electrons. The maximum atomic E-state index is 11.3. The van der Waals surface area contributed by atoms with E-state index in [4.69, 9.17) is 17.3 Å². The summed E-state index contributed by atoms with van der Waals surface area (Å²) in [5.41, 5.74) is 7.66. The molecule has 0 bridgehead atoms. The first-order chi connectivity index (χ1) is 8.49. The Kier molecular flexibility index (Phi) is 3.92. The summed E-state index contributed by atoms with van der Waals surface area (Å²) in [5, 5.41) is 0.803. The number of rotatable bonds is 4. The van der Waals surface area contributed by atoms with E-state index in [-0.39, 0.29) is 5.25 Å². The predicted octanol–water partition coefficient (Wildman–Crippen LogP) is 2.43. The van der Waals surface area contributed by atoms with Crippen molar-refractivity contribution in [1.29, 1.82) is 0 Å². The number of nitrogens with zero attached hydrogens (tertiary/aromatic N) is 2. The summed E-state index contributed by atoms with van der Waals surface area (Å²) < 4.78 is 13.3. The lowest BCUT2D eigenvalue weighted by molar-refractivity contribution is 0.633. The van der Waals surface area contributed by atoms with Crippen molar-refractivity contribution in [3.63, 3.8) is 0 Å². The highest BCUT2D eigenvalue weighted by atomic mass is 35.5. The molecule has 0 aliphatic heterocycles. The molecule has 0 radical (unpaired) electrons. The molecule has 1 aromatic carbocycles. The van der Waals surface area contributed by atoms with E-state index in [1.54, 1.807) is 12.3 Å². The van der Waals surface area contributed by atoms with Crippen LogP contribution in [0.4, 0.5) is 5.95 Å². The van der Waals surface area contributed by atoms with Crippen LogP contribution in [-0.4, -0.2) is 25.3 Å². The third kappa shape index (κ3) is 2.67. The van der Waals surface area contributed by atoms with Crippen LogP contribution in [0.3, 0.4) is 0 Å². The molecule has 2 atom stereocenters. The highest BCUT2D eigenvalue weighted by Crippen LogP contribution is 2.22. The second kappa shape index (κ2) is 5.28. The number of hydrogen-bond donors (Lipinski definition) is 1. The lowest BCUT2D eigenvalue weighted by Crippen LogP contribution is -2.13.